The molecular weight excluding hydrogens is 336 g/mol. The number of likely N-dealkylation sites (tertiary alicyclic amines) is 1. The number of carbonyl (C=O) groups excluding carboxylic acids is 1. The Morgan fingerprint density at radius 3 is 2.85 bits per heavy atom. The maximum atomic E-state index is 12.5. The van der Waals surface area contributed by atoms with Gasteiger partial charge < -0.3 is 15.3 Å². The first-order valence-electron chi connectivity index (χ1n) is 9.40. The quantitative estimate of drug-likeness (QED) is 0.736. The number of rotatable bonds is 7. The van der Waals surface area contributed by atoms with Crippen LogP contribution in [0.5, 0.6) is 0 Å². The summed E-state index contributed by atoms with van der Waals surface area (Å²) in [7, 11) is 0. The fraction of sp³-hybridized carbons (Fsp3) is 0.765. The monoisotopic (exact) mass is 364 g/mol. The summed E-state index contributed by atoms with van der Waals surface area (Å²) in [5.74, 6) is -0.400. The molecule has 1 aliphatic heterocycles. The number of hydrogen-bond acceptors (Lipinski definition) is 5. The van der Waals surface area contributed by atoms with E-state index in [1.54, 1.807) is 6.20 Å². The van der Waals surface area contributed by atoms with Gasteiger partial charge in [0.2, 0.25) is 0 Å². The number of carboxylic acid groups (broad SMARTS) is 1. The number of aliphatic carboxylic acids is 1. The zero-order chi connectivity index (χ0) is 18.5. The summed E-state index contributed by atoms with van der Waals surface area (Å²) >= 11 is 0. The Balaban J connectivity index is 1.42. The van der Waals surface area contributed by atoms with Crippen molar-refractivity contribution in [2.75, 3.05) is 26.2 Å². The van der Waals surface area contributed by atoms with E-state index in [9.17, 15) is 9.59 Å². The van der Waals surface area contributed by atoms with Crippen LogP contribution < -0.4 is 5.32 Å². The number of nitrogens with one attached hydrogen (secondary N) is 1. The van der Waals surface area contributed by atoms with Crippen molar-refractivity contribution < 1.29 is 14.7 Å². The van der Waals surface area contributed by atoms with Gasteiger partial charge in [-0.2, -0.15) is 0 Å². The Labute approximate surface area is 153 Å². The van der Waals surface area contributed by atoms with Gasteiger partial charge in [0, 0.05) is 37.9 Å². The smallest absolute Gasteiger partial charge is 0.317 e. The van der Waals surface area contributed by atoms with Crippen molar-refractivity contribution in [3.63, 3.8) is 0 Å². The van der Waals surface area contributed by atoms with E-state index in [2.05, 4.69) is 15.6 Å². The molecule has 0 spiro atoms. The van der Waals surface area contributed by atoms with Gasteiger partial charge in [0.1, 0.15) is 0 Å². The van der Waals surface area contributed by atoms with Crippen molar-refractivity contribution in [2.24, 2.45) is 5.92 Å². The predicted octanol–water partition coefficient (Wildman–Crippen LogP) is 0.637. The Morgan fingerprint density at radius 2 is 2.19 bits per heavy atom. The van der Waals surface area contributed by atoms with Crippen molar-refractivity contribution >= 4 is 12.0 Å². The molecule has 1 aromatic heterocycles. The summed E-state index contributed by atoms with van der Waals surface area (Å²) in [6, 6.07) is 0.395. The predicted molar refractivity (Wildman–Crippen MR) is 94.5 cm³/mol. The van der Waals surface area contributed by atoms with E-state index in [-0.39, 0.29) is 24.7 Å². The van der Waals surface area contributed by atoms with Crippen LogP contribution in [0.25, 0.3) is 0 Å². The molecule has 2 fully saturated rings. The molecule has 1 aliphatic carbocycles. The molecule has 2 aliphatic rings. The van der Waals surface area contributed by atoms with Crippen molar-refractivity contribution in [1.29, 1.82) is 0 Å². The van der Waals surface area contributed by atoms with E-state index >= 15 is 0 Å². The molecule has 0 radical (unpaired) electrons. The van der Waals surface area contributed by atoms with E-state index < -0.39 is 5.97 Å². The molecule has 1 saturated heterocycles. The molecule has 1 atom stereocenters. The van der Waals surface area contributed by atoms with Crippen LogP contribution in [-0.2, 0) is 11.3 Å². The molecule has 0 bridgehead atoms. The van der Waals surface area contributed by atoms with Crippen LogP contribution in [0.3, 0.4) is 0 Å². The second-order valence-corrected chi connectivity index (χ2v) is 7.31. The van der Waals surface area contributed by atoms with Crippen molar-refractivity contribution in [3.8, 4) is 0 Å². The number of urea groups is 1. The Bertz CT molecular complexity index is 602. The molecule has 26 heavy (non-hydrogen) atoms. The first-order chi connectivity index (χ1) is 12.5. The third-order valence-corrected chi connectivity index (χ3v) is 5.43. The van der Waals surface area contributed by atoms with Gasteiger partial charge >= 0.3 is 12.0 Å². The molecule has 0 aromatic carbocycles. The standard InChI is InChI=1S/C17H28N6O3/c1-2-21(12-16(24)25)15-8-14(9-15)19-17(26)22-6-3-4-13(10-22)11-23-7-5-18-20-23/h5,7,13-15H,2-4,6,8-12H2,1H3,(H,19,26)(H,24,25). The third-order valence-electron chi connectivity index (χ3n) is 5.43. The Hall–Kier alpha value is -2.16. The Kier molecular flexibility index (Phi) is 6.08. The maximum absolute atomic E-state index is 12.5. The van der Waals surface area contributed by atoms with Crippen LogP contribution >= 0.6 is 0 Å². The lowest BCUT2D eigenvalue weighted by Crippen LogP contribution is -2.57. The van der Waals surface area contributed by atoms with Crippen LogP contribution in [0.2, 0.25) is 0 Å². The topological polar surface area (TPSA) is 104 Å². The van der Waals surface area contributed by atoms with Crippen LogP contribution in [0.1, 0.15) is 32.6 Å². The molecule has 9 nitrogen and oxygen atoms in total. The van der Waals surface area contributed by atoms with Gasteiger partial charge in [-0.1, -0.05) is 12.1 Å². The molecule has 2 heterocycles. The summed E-state index contributed by atoms with van der Waals surface area (Å²) in [4.78, 5) is 27.3. The van der Waals surface area contributed by atoms with Crippen molar-refractivity contribution in [2.45, 2.75) is 51.2 Å². The second kappa shape index (κ2) is 8.48. The minimum atomic E-state index is -0.800. The largest absolute Gasteiger partial charge is 0.480 e. The molecule has 1 unspecified atom stereocenters. The summed E-state index contributed by atoms with van der Waals surface area (Å²) in [5, 5.41) is 19.9. The SMILES string of the molecule is CCN(CC(=O)O)C1CC(NC(=O)N2CCCC(Cn3ccnn3)C2)C1. The number of aromatic nitrogens is 3. The molecule has 9 heteroatoms. The average molecular weight is 364 g/mol. The number of amides is 2. The summed E-state index contributed by atoms with van der Waals surface area (Å²) < 4.78 is 1.82. The van der Waals surface area contributed by atoms with Gasteiger partial charge in [-0.3, -0.25) is 14.4 Å². The van der Waals surface area contributed by atoms with Crippen LogP contribution in [-0.4, -0.2) is 80.2 Å². The normalized spacial score (nSPS) is 25.8. The number of carboxylic acids is 1. The summed E-state index contributed by atoms with van der Waals surface area (Å²) in [6.07, 6.45) is 7.26. The highest BCUT2D eigenvalue weighted by atomic mass is 16.4. The van der Waals surface area contributed by atoms with E-state index in [0.717, 1.165) is 45.3 Å². The lowest BCUT2D eigenvalue weighted by molar-refractivity contribution is -0.139. The molecule has 1 saturated carbocycles. The summed E-state index contributed by atoms with van der Waals surface area (Å²) in [6.45, 7) is 5.07. The van der Waals surface area contributed by atoms with Crippen LogP contribution in [0.15, 0.2) is 12.4 Å². The van der Waals surface area contributed by atoms with Crippen molar-refractivity contribution in [1.82, 2.24) is 30.1 Å². The van der Waals surface area contributed by atoms with E-state index in [0.29, 0.717) is 12.5 Å². The highest BCUT2D eigenvalue weighted by molar-refractivity contribution is 5.74. The first-order valence-corrected chi connectivity index (χ1v) is 9.40. The van der Waals surface area contributed by atoms with Crippen molar-refractivity contribution in [3.05, 3.63) is 12.4 Å². The number of nitrogens with zero attached hydrogens (tertiary/aromatic N) is 5. The zero-order valence-corrected chi connectivity index (χ0v) is 15.3. The van der Waals surface area contributed by atoms with Crippen LogP contribution in [0, 0.1) is 5.92 Å². The molecular formula is C17H28N6O3. The number of hydrogen-bond donors (Lipinski definition) is 2. The van der Waals surface area contributed by atoms with E-state index in [4.69, 9.17) is 5.11 Å². The molecule has 2 amide bonds. The molecule has 2 N–H and O–H groups in total. The van der Waals surface area contributed by atoms with Gasteiger partial charge in [0.25, 0.3) is 0 Å². The number of carbonyl (C=O) groups is 2. The average Bonchev–Trinajstić information content (AvgIpc) is 3.08. The summed E-state index contributed by atoms with van der Waals surface area (Å²) in [5.41, 5.74) is 0. The number of piperidine rings is 1. The lowest BCUT2D eigenvalue weighted by atomic mass is 9.85. The Morgan fingerprint density at radius 1 is 1.38 bits per heavy atom. The number of likely N-dealkylation sites (N-methyl/N-ethyl adjacent to an activating group) is 1. The zero-order valence-electron chi connectivity index (χ0n) is 15.3. The fourth-order valence-corrected chi connectivity index (χ4v) is 3.94. The second-order valence-electron chi connectivity index (χ2n) is 7.31. The highest BCUT2D eigenvalue weighted by Crippen LogP contribution is 2.26. The van der Waals surface area contributed by atoms with Gasteiger partial charge in [0.05, 0.1) is 12.7 Å². The van der Waals surface area contributed by atoms with Gasteiger partial charge in [-0.25, -0.2) is 4.79 Å². The molecule has 3 rings (SSSR count). The lowest BCUT2D eigenvalue weighted by Gasteiger charge is -2.43. The van der Waals surface area contributed by atoms with Gasteiger partial charge in [-0.05, 0) is 38.1 Å². The fourth-order valence-electron chi connectivity index (χ4n) is 3.94. The van der Waals surface area contributed by atoms with E-state index in [1.807, 2.05) is 27.6 Å². The van der Waals surface area contributed by atoms with Crippen LogP contribution in [0.4, 0.5) is 4.79 Å². The van der Waals surface area contributed by atoms with Gasteiger partial charge in [0.15, 0.2) is 0 Å². The third kappa shape index (κ3) is 4.72. The minimum absolute atomic E-state index is 0.00183. The highest BCUT2D eigenvalue weighted by Gasteiger charge is 2.36. The van der Waals surface area contributed by atoms with Gasteiger partial charge in [-0.15, -0.1) is 5.10 Å². The van der Waals surface area contributed by atoms with E-state index in [1.165, 1.54) is 0 Å². The first kappa shape index (κ1) is 18.6. The minimum Gasteiger partial charge on any atom is -0.480 e. The molecule has 144 valence electrons. The molecule has 1 aromatic rings. The maximum Gasteiger partial charge on any atom is 0.317 e.